The van der Waals surface area contributed by atoms with Crippen molar-refractivity contribution in [2.24, 2.45) is 5.41 Å². The van der Waals surface area contributed by atoms with Gasteiger partial charge in [0.15, 0.2) is 0 Å². The van der Waals surface area contributed by atoms with E-state index in [9.17, 15) is 0 Å². The number of hydrogen-bond acceptors (Lipinski definition) is 4. The van der Waals surface area contributed by atoms with Crippen LogP contribution in [0.1, 0.15) is 13.8 Å². The number of nitrogens with zero attached hydrogens (tertiary/aromatic N) is 1. The lowest BCUT2D eigenvalue weighted by Gasteiger charge is -2.30. The monoisotopic (exact) mass is 205 g/mol. The van der Waals surface area contributed by atoms with E-state index in [0.717, 1.165) is 13.1 Å². The Balaban J connectivity index is 3.94. The molecule has 0 aliphatic heterocycles. The number of aliphatic hydroxyl groups is 2. The average Bonchev–Trinajstić information content (AvgIpc) is 2.14. The van der Waals surface area contributed by atoms with Crippen LogP contribution in [-0.4, -0.2) is 61.7 Å². The molecule has 14 heavy (non-hydrogen) atoms. The Bertz CT molecular complexity index is 139. The summed E-state index contributed by atoms with van der Waals surface area (Å²) < 4.78 is 4.98. The zero-order valence-corrected chi connectivity index (χ0v) is 9.49. The first-order valence-electron chi connectivity index (χ1n) is 4.99. The molecule has 0 aliphatic rings. The second kappa shape index (κ2) is 7.17. The third kappa shape index (κ3) is 6.32. The maximum Gasteiger partial charge on any atom is 0.0589 e. The van der Waals surface area contributed by atoms with Gasteiger partial charge in [-0.2, -0.15) is 0 Å². The smallest absolute Gasteiger partial charge is 0.0589 e. The molecule has 0 aromatic carbocycles. The van der Waals surface area contributed by atoms with E-state index in [-0.39, 0.29) is 18.6 Å². The van der Waals surface area contributed by atoms with E-state index in [4.69, 9.17) is 14.9 Å². The van der Waals surface area contributed by atoms with E-state index in [0.29, 0.717) is 13.2 Å². The van der Waals surface area contributed by atoms with Gasteiger partial charge >= 0.3 is 0 Å². The first kappa shape index (κ1) is 13.8. The molecule has 0 rings (SSSR count). The highest BCUT2D eigenvalue weighted by atomic mass is 16.5. The minimum absolute atomic E-state index is 0.122. The molecule has 0 unspecified atom stereocenters. The molecule has 86 valence electrons. The molecule has 2 N–H and O–H groups in total. The van der Waals surface area contributed by atoms with Gasteiger partial charge in [0.1, 0.15) is 0 Å². The molecule has 0 atom stereocenters. The van der Waals surface area contributed by atoms with Crippen LogP contribution < -0.4 is 0 Å². The van der Waals surface area contributed by atoms with Crippen molar-refractivity contribution in [1.82, 2.24) is 4.90 Å². The van der Waals surface area contributed by atoms with Crippen LogP contribution in [0.4, 0.5) is 0 Å². The standard InChI is InChI=1S/C10H23NO3/c1-10(2,9-13)8-11(4-6-12)5-7-14-3/h12-13H,4-9H2,1-3H3. The summed E-state index contributed by atoms with van der Waals surface area (Å²) in [6.45, 7) is 7.16. The molecule has 0 spiro atoms. The fourth-order valence-electron chi connectivity index (χ4n) is 1.29. The molecule has 0 saturated heterocycles. The van der Waals surface area contributed by atoms with Gasteiger partial charge in [0.25, 0.3) is 0 Å². The predicted octanol–water partition coefficient (Wildman–Crippen LogP) is -0.0544. The van der Waals surface area contributed by atoms with E-state index in [1.54, 1.807) is 7.11 Å². The number of ether oxygens (including phenoxy) is 1. The highest BCUT2D eigenvalue weighted by Gasteiger charge is 2.20. The highest BCUT2D eigenvalue weighted by molar-refractivity contribution is 4.72. The van der Waals surface area contributed by atoms with Crippen LogP contribution in [0, 0.1) is 5.41 Å². The first-order chi connectivity index (χ1) is 6.55. The van der Waals surface area contributed by atoms with Crippen LogP contribution in [-0.2, 0) is 4.74 Å². The molecular weight excluding hydrogens is 182 g/mol. The van der Waals surface area contributed by atoms with Gasteiger partial charge in [-0.25, -0.2) is 0 Å². The Morgan fingerprint density at radius 2 is 1.86 bits per heavy atom. The summed E-state index contributed by atoms with van der Waals surface area (Å²) in [5, 5.41) is 18.0. The van der Waals surface area contributed by atoms with Gasteiger partial charge < -0.3 is 14.9 Å². The van der Waals surface area contributed by atoms with Crippen molar-refractivity contribution in [2.75, 3.05) is 46.6 Å². The number of aliphatic hydroxyl groups excluding tert-OH is 2. The largest absolute Gasteiger partial charge is 0.396 e. The number of rotatable bonds is 8. The highest BCUT2D eigenvalue weighted by Crippen LogP contribution is 2.15. The summed E-state index contributed by atoms with van der Waals surface area (Å²) in [5.74, 6) is 0. The van der Waals surface area contributed by atoms with Crippen LogP contribution in [0.25, 0.3) is 0 Å². The van der Waals surface area contributed by atoms with Crippen LogP contribution in [0.3, 0.4) is 0 Å². The molecule has 4 nitrogen and oxygen atoms in total. The summed E-state index contributed by atoms with van der Waals surface area (Å²) in [6.07, 6.45) is 0. The Morgan fingerprint density at radius 1 is 1.21 bits per heavy atom. The van der Waals surface area contributed by atoms with E-state index in [2.05, 4.69) is 4.90 Å². The van der Waals surface area contributed by atoms with Gasteiger partial charge in [-0.3, -0.25) is 4.90 Å². The van der Waals surface area contributed by atoms with Crippen molar-refractivity contribution >= 4 is 0 Å². The van der Waals surface area contributed by atoms with E-state index >= 15 is 0 Å². The van der Waals surface area contributed by atoms with Crippen molar-refractivity contribution < 1.29 is 14.9 Å². The number of methoxy groups -OCH3 is 1. The SMILES string of the molecule is COCCN(CCO)CC(C)(C)CO. The molecule has 0 fully saturated rings. The van der Waals surface area contributed by atoms with Crippen LogP contribution in [0.5, 0.6) is 0 Å². The Labute approximate surface area is 86.5 Å². The molecule has 0 aliphatic carbocycles. The van der Waals surface area contributed by atoms with Crippen molar-refractivity contribution in [1.29, 1.82) is 0 Å². The molecule has 0 aromatic rings. The lowest BCUT2D eigenvalue weighted by atomic mass is 9.94. The molecule has 0 radical (unpaired) electrons. The Hall–Kier alpha value is -0.160. The third-order valence-corrected chi connectivity index (χ3v) is 2.11. The maximum absolute atomic E-state index is 9.12. The molecular formula is C10H23NO3. The van der Waals surface area contributed by atoms with Crippen LogP contribution >= 0.6 is 0 Å². The average molecular weight is 205 g/mol. The van der Waals surface area contributed by atoms with Crippen molar-refractivity contribution in [2.45, 2.75) is 13.8 Å². The molecule has 0 heterocycles. The summed E-state index contributed by atoms with van der Waals surface area (Å²) in [7, 11) is 1.66. The van der Waals surface area contributed by atoms with Gasteiger partial charge in [-0.1, -0.05) is 13.8 Å². The third-order valence-electron chi connectivity index (χ3n) is 2.11. The zero-order chi connectivity index (χ0) is 11.0. The summed E-state index contributed by atoms with van der Waals surface area (Å²) in [6, 6.07) is 0. The Morgan fingerprint density at radius 3 is 2.29 bits per heavy atom. The normalized spacial score (nSPS) is 12.4. The maximum atomic E-state index is 9.12. The van der Waals surface area contributed by atoms with Gasteiger partial charge in [0.2, 0.25) is 0 Å². The van der Waals surface area contributed by atoms with E-state index < -0.39 is 0 Å². The van der Waals surface area contributed by atoms with Crippen LogP contribution in [0.15, 0.2) is 0 Å². The molecule has 4 heteroatoms. The zero-order valence-electron chi connectivity index (χ0n) is 9.49. The first-order valence-corrected chi connectivity index (χ1v) is 4.99. The summed E-state index contributed by atoms with van der Waals surface area (Å²) in [5.41, 5.74) is -0.122. The summed E-state index contributed by atoms with van der Waals surface area (Å²) in [4.78, 5) is 2.10. The fraction of sp³-hybridized carbons (Fsp3) is 1.00. The lowest BCUT2D eigenvalue weighted by molar-refractivity contribution is 0.0715. The van der Waals surface area contributed by atoms with E-state index in [1.807, 2.05) is 13.8 Å². The lowest BCUT2D eigenvalue weighted by Crippen LogP contribution is -2.39. The predicted molar refractivity (Wildman–Crippen MR) is 56.3 cm³/mol. The van der Waals surface area contributed by atoms with Gasteiger partial charge in [-0.15, -0.1) is 0 Å². The number of hydrogen-bond donors (Lipinski definition) is 2. The Kier molecular flexibility index (Phi) is 7.09. The van der Waals surface area contributed by atoms with Crippen molar-refractivity contribution in [3.8, 4) is 0 Å². The minimum atomic E-state index is -0.122. The molecule has 0 bridgehead atoms. The summed E-state index contributed by atoms with van der Waals surface area (Å²) >= 11 is 0. The van der Waals surface area contributed by atoms with Crippen molar-refractivity contribution in [3.63, 3.8) is 0 Å². The molecule has 0 aromatic heterocycles. The van der Waals surface area contributed by atoms with Gasteiger partial charge in [0.05, 0.1) is 13.2 Å². The second-order valence-electron chi connectivity index (χ2n) is 4.31. The molecule has 0 amide bonds. The minimum Gasteiger partial charge on any atom is -0.396 e. The van der Waals surface area contributed by atoms with Gasteiger partial charge in [-0.05, 0) is 0 Å². The van der Waals surface area contributed by atoms with Gasteiger partial charge in [0, 0.05) is 38.8 Å². The van der Waals surface area contributed by atoms with Crippen molar-refractivity contribution in [3.05, 3.63) is 0 Å². The molecule has 0 saturated carbocycles. The van der Waals surface area contributed by atoms with Crippen LogP contribution in [0.2, 0.25) is 0 Å². The topological polar surface area (TPSA) is 52.9 Å². The second-order valence-corrected chi connectivity index (χ2v) is 4.31. The fourth-order valence-corrected chi connectivity index (χ4v) is 1.29. The quantitative estimate of drug-likeness (QED) is 0.583. The van der Waals surface area contributed by atoms with E-state index in [1.165, 1.54) is 0 Å².